The summed E-state index contributed by atoms with van der Waals surface area (Å²) >= 11 is 0. The lowest BCUT2D eigenvalue weighted by Gasteiger charge is -2.21. The molecule has 1 heterocycles. The van der Waals surface area contributed by atoms with E-state index >= 15 is 0 Å². The molecular formula is C16H17NO5. The van der Waals surface area contributed by atoms with E-state index in [-0.39, 0.29) is 11.5 Å². The van der Waals surface area contributed by atoms with Crippen LogP contribution in [0.3, 0.4) is 0 Å². The van der Waals surface area contributed by atoms with Crippen molar-refractivity contribution in [3.8, 4) is 0 Å². The fourth-order valence-electron chi connectivity index (χ4n) is 2.01. The third kappa shape index (κ3) is 3.95. The third-order valence-corrected chi connectivity index (χ3v) is 3.14. The van der Waals surface area contributed by atoms with Crippen LogP contribution in [0.2, 0.25) is 0 Å². The second-order valence-corrected chi connectivity index (χ2v) is 4.68. The highest BCUT2D eigenvalue weighted by Crippen LogP contribution is 2.12. The number of carboxylic acids is 1. The number of hydrogen-bond donors (Lipinski definition) is 1. The summed E-state index contributed by atoms with van der Waals surface area (Å²) < 4.78 is 10.3. The molecule has 6 heteroatoms. The van der Waals surface area contributed by atoms with Crippen LogP contribution >= 0.6 is 0 Å². The Morgan fingerprint density at radius 3 is 2.64 bits per heavy atom. The SMILES string of the molecule is COCCN(Cc1ccco1)C(=O)c1cccc(C(=O)O)c1. The Hall–Kier alpha value is -2.60. The summed E-state index contributed by atoms with van der Waals surface area (Å²) in [6.07, 6.45) is 1.54. The maximum Gasteiger partial charge on any atom is 0.335 e. The summed E-state index contributed by atoms with van der Waals surface area (Å²) in [7, 11) is 1.56. The Balaban J connectivity index is 2.20. The lowest BCUT2D eigenvalue weighted by Crippen LogP contribution is -2.33. The first kappa shape index (κ1) is 15.8. The van der Waals surface area contributed by atoms with Crippen molar-refractivity contribution in [1.82, 2.24) is 4.90 Å². The van der Waals surface area contributed by atoms with Gasteiger partial charge in [0.15, 0.2) is 0 Å². The minimum atomic E-state index is -1.07. The molecule has 0 fully saturated rings. The second kappa shape index (κ2) is 7.42. The van der Waals surface area contributed by atoms with E-state index in [9.17, 15) is 9.59 Å². The summed E-state index contributed by atoms with van der Waals surface area (Å²) in [5.74, 6) is -0.681. The average molecular weight is 303 g/mol. The summed E-state index contributed by atoms with van der Waals surface area (Å²) in [6, 6.07) is 9.49. The minimum Gasteiger partial charge on any atom is -0.478 e. The van der Waals surface area contributed by atoms with Crippen LogP contribution in [0, 0.1) is 0 Å². The van der Waals surface area contributed by atoms with Gasteiger partial charge in [0, 0.05) is 19.2 Å². The highest BCUT2D eigenvalue weighted by Gasteiger charge is 2.18. The molecule has 1 aromatic carbocycles. The largest absolute Gasteiger partial charge is 0.478 e. The topological polar surface area (TPSA) is 80.0 Å². The van der Waals surface area contributed by atoms with Crippen LogP contribution in [-0.2, 0) is 11.3 Å². The highest BCUT2D eigenvalue weighted by molar-refractivity contribution is 5.97. The maximum atomic E-state index is 12.6. The quantitative estimate of drug-likeness (QED) is 0.848. The van der Waals surface area contributed by atoms with Gasteiger partial charge in [0.25, 0.3) is 5.91 Å². The van der Waals surface area contributed by atoms with Crippen LogP contribution in [0.1, 0.15) is 26.5 Å². The van der Waals surface area contributed by atoms with Crippen LogP contribution in [0.25, 0.3) is 0 Å². The molecule has 1 amide bonds. The van der Waals surface area contributed by atoms with E-state index in [1.54, 1.807) is 42.5 Å². The minimum absolute atomic E-state index is 0.0792. The molecule has 0 saturated heterocycles. The number of carboxylic acid groups (broad SMARTS) is 1. The fraction of sp³-hybridized carbons (Fsp3) is 0.250. The van der Waals surface area contributed by atoms with E-state index in [0.29, 0.717) is 31.0 Å². The molecule has 0 saturated carbocycles. The van der Waals surface area contributed by atoms with Crippen molar-refractivity contribution in [3.05, 3.63) is 59.5 Å². The van der Waals surface area contributed by atoms with Crippen LogP contribution in [0.4, 0.5) is 0 Å². The highest BCUT2D eigenvalue weighted by atomic mass is 16.5. The van der Waals surface area contributed by atoms with Crippen LogP contribution < -0.4 is 0 Å². The number of carbonyl (C=O) groups excluding carboxylic acids is 1. The third-order valence-electron chi connectivity index (χ3n) is 3.14. The lowest BCUT2D eigenvalue weighted by atomic mass is 10.1. The molecule has 0 bridgehead atoms. The number of furan rings is 1. The number of ether oxygens (including phenoxy) is 1. The van der Waals surface area contributed by atoms with E-state index in [1.807, 2.05) is 0 Å². The Kier molecular flexibility index (Phi) is 5.32. The van der Waals surface area contributed by atoms with Gasteiger partial charge in [0.1, 0.15) is 5.76 Å². The van der Waals surface area contributed by atoms with Gasteiger partial charge in [-0.25, -0.2) is 4.79 Å². The van der Waals surface area contributed by atoms with E-state index in [1.165, 1.54) is 12.1 Å². The molecule has 22 heavy (non-hydrogen) atoms. The molecule has 116 valence electrons. The maximum absolute atomic E-state index is 12.6. The first-order valence-corrected chi connectivity index (χ1v) is 6.75. The summed E-state index contributed by atoms with van der Waals surface area (Å²) in [4.78, 5) is 25.2. The summed E-state index contributed by atoms with van der Waals surface area (Å²) in [6.45, 7) is 1.06. The molecule has 0 unspecified atom stereocenters. The van der Waals surface area contributed by atoms with E-state index in [2.05, 4.69) is 0 Å². The Bertz CT molecular complexity index is 636. The Morgan fingerprint density at radius 1 is 1.23 bits per heavy atom. The van der Waals surface area contributed by atoms with Crippen molar-refractivity contribution >= 4 is 11.9 Å². The molecular weight excluding hydrogens is 286 g/mol. The Morgan fingerprint density at radius 2 is 2.00 bits per heavy atom. The number of carbonyl (C=O) groups is 2. The molecule has 2 aromatic rings. The number of rotatable bonds is 7. The number of benzene rings is 1. The molecule has 1 N–H and O–H groups in total. The van der Waals surface area contributed by atoms with Crippen molar-refractivity contribution in [1.29, 1.82) is 0 Å². The zero-order valence-electron chi connectivity index (χ0n) is 12.2. The number of aromatic carboxylic acids is 1. The van der Waals surface area contributed by atoms with Gasteiger partial charge >= 0.3 is 5.97 Å². The summed E-state index contributed by atoms with van der Waals surface area (Å²) in [5.41, 5.74) is 0.401. The molecule has 0 radical (unpaired) electrons. The molecule has 1 aromatic heterocycles. The van der Waals surface area contributed by atoms with E-state index < -0.39 is 5.97 Å². The van der Waals surface area contributed by atoms with Crippen LogP contribution in [0.15, 0.2) is 47.1 Å². The first-order valence-electron chi connectivity index (χ1n) is 6.75. The van der Waals surface area contributed by atoms with Gasteiger partial charge in [-0.1, -0.05) is 6.07 Å². The lowest BCUT2D eigenvalue weighted by molar-refractivity contribution is 0.0666. The molecule has 2 rings (SSSR count). The van der Waals surface area contributed by atoms with Gasteiger partial charge in [-0.15, -0.1) is 0 Å². The first-order chi connectivity index (χ1) is 10.6. The number of hydrogen-bond acceptors (Lipinski definition) is 4. The number of methoxy groups -OCH3 is 1. The van der Waals surface area contributed by atoms with Crippen molar-refractivity contribution in [2.24, 2.45) is 0 Å². The molecule has 6 nitrogen and oxygen atoms in total. The van der Waals surface area contributed by atoms with Crippen molar-refractivity contribution < 1.29 is 23.8 Å². The van der Waals surface area contributed by atoms with Crippen molar-refractivity contribution in [2.45, 2.75) is 6.54 Å². The zero-order chi connectivity index (χ0) is 15.9. The fourth-order valence-corrected chi connectivity index (χ4v) is 2.01. The second-order valence-electron chi connectivity index (χ2n) is 4.68. The predicted molar refractivity (Wildman–Crippen MR) is 78.7 cm³/mol. The van der Waals surface area contributed by atoms with Gasteiger partial charge in [-0.3, -0.25) is 4.79 Å². The summed E-state index contributed by atoms with van der Waals surface area (Å²) in [5, 5.41) is 9.02. The van der Waals surface area contributed by atoms with Gasteiger partial charge in [-0.2, -0.15) is 0 Å². The van der Waals surface area contributed by atoms with Gasteiger partial charge in [-0.05, 0) is 30.3 Å². The number of nitrogens with zero attached hydrogens (tertiary/aromatic N) is 1. The van der Waals surface area contributed by atoms with Gasteiger partial charge in [0.2, 0.25) is 0 Å². The molecule has 0 aliphatic heterocycles. The standard InChI is InChI=1S/C16H17NO5/c1-21-9-7-17(11-14-6-3-8-22-14)15(18)12-4-2-5-13(10-12)16(19)20/h2-6,8,10H,7,9,11H2,1H3,(H,19,20). The number of amides is 1. The average Bonchev–Trinajstić information content (AvgIpc) is 3.04. The Labute approximate surface area is 127 Å². The smallest absolute Gasteiger partial charge is 0.335 e. The molecule has 0 atom stereocenters. The molecule has 0 aliphatic rings. The normalized spacial score (nSPS) is 10.4. The van der Waals surface area contributed by atoms with E-state index in [4.69, 9.17) is 14.3 Å². The predicted octanol–water partition coefficient (Wildman–Crippen LogP) is 2.27. The monoisotopic (exact) mass is 303 g/mol. The van der Waals surface area contributed by atoms with Crippen molar-refractivity contribution in [3.63, 3.8) is 0 Å². The zero-order valence-corrected chi connectivity index (χ0v) is 12.2. The van der Waals surface area contributed by atoms with Crippen LogP contribution in [-0.4, -0.2) is 42.1 Å². The molecule has 0 spiro atoms. The molecule has 0 aliphatic carbocycles. The van der Waals surface area contributed by atoms with Gasteiger partial charge < -0.3 is 19.2 Å². The van der Waals surface area contributed by atoms with Crippen LogP contribution in [0.5, 0.6) is 0 Å². The van der Waals surface area contributed by atoms with E-state index in [0.717, 1.165) is 0 Å². The van der Waals surface area contributed by atoms with Gasteiger partial charge in [0.05, 0.1) is 25.0 Å². The van der Waals surface area contributed by atoms with Crippen molar-refractivity contribution in [2.75, 3.05) is 20.3 Å².